The molecular formula is C19H10N2O5S. The van der Waals surface area contributed by atoms with E-state index in [-0.39, 0.29) is 10.5 Å². The van der Waals surface area contributed by atoms with E-state index in [1.807, 2.05) is 0 Å². The fourth-order valence-electron chi connectivity index (χ4n) is 3.56. The van der Waals surface area contributed by atoms with Gasteiger partial charge in [0.2, 0.25) is 0 Å². The topological polar surface area (TPSA) is 117 Å². The molecule has 0 fully saturated rings. The molecule has 8 heteroatoms. The Balaban J connectivity index is 1.88. The molecule has 4 aromatic rings. The standard InChI is InChI=1S/C19H10N2O5S/c22-19(23)9-4-6-13-14(8-9)21-17-11-3-1-2-10-15(27(24,25)26)7-5-12(16(10)11)18(17)20-13/h1-8H,(H,22,23)(H,24,25,26). The zero-order valence-electron chi connectivity index (χ0n) is 13.5. The molecule has 1 heterocycles. The lowest BCUT2D eigenvalue weighted by molar-refractivity contribution is 0.0697. The first-order valence-corrected chi connectivity index (χ1v) is 9.37. The van der Waals surface area contributed by atoms with Gasteiger partial charge in [-0.3, -0.25) is 4.55 Å². The Bertz CT molecular complexity index is 1430. The summed E-state index contributed by atoms with van der Waals surface area (Å²) in [4.78, 5) is 20.3. The second-order valence-corrected chi connectivity index (χ2v) is 7.63. The van der Waals surface area contributed by atoms with Crippen LogP contribution in [0.25, 0.3) is 44.3 Å². The van der Waals surface area contributed by atoms with E-state index in [1.54, 1.807) is 30.3 Å². The number of carbonyl (C=O) groups is 1. The molecule has 1 aromatic heterocycles. The van der Waals surface area contributed by atoms with E-state index >= 15 is 0 Å². The van der Waals surface area contributed by atoms with Crippen molar-refractivity contribution in [3.63, 3.8) is 0 Å². The Hall–Kier alpha value is -3.36. The molecule has 0 spiro atoms. The molecular weight excluding hydrogens is 368 g/mol. The number of carboxylic acid groups (broad SMARTS) is 1. The molecule has 0 aliphatic heterocycles. The van der Waals surface area contributed by atoms with Gasteiger partial charge in [-0.05, 0) is 24.3 Å². The number of aromatic nitrogens is 2. The fourth-order valence-corrected chi connectivity index (χ4v) is 4.25. The summed E-state index contributed by atoms with van der Waals surface area (Å²) >= 11 is 0. The van der Waals surface area contributed by atoms with Crippen LogP contribution < -0.4 is 0 Å². The van der Waals surface area contributed by atoms with Gasteiger partial charge in [0.1, 0.15) is 4.90 Å². The number of carboxylic acids is 1. The highest BCUT2D eigenvalue weighted by molar-refractivity contribution is 7.86. The van der Waals surface area contributed by atoms with Crippen molar-refractivity contribution < 1.29 is 22.9 Å². The minimum absolute atomic E-state index is 0.110. The zero-order chi connectivity index (χ0) is 18.9. The van der Waals surface area contributed by atoms with Crippen LogP contribution in [0.4, 0.5) is 0 Å². The first kappa shape index (κ1) is 15.9. The smallest absolute Gasteiger partial charge is 0.335 e. The maximum absolute atomic E-state index is 11.7. The predicted molar refractivity (Wildman–Crippen MR) is 98.2 cm³/mol. The number of fused-ring (bicyclic) bond motifs is 4. The lowest BCUT2D eigenvalue weighted by Crippen LogP contribution is -1.99. The highest BCUT2D eigenvalue weighted by Crippen LogP contribution is 2.47. The van der Waals surface area contributed by atoms with Crippen LogP contribution in [0.1, 0.15) is 10.4 Å². The Morgan fingerprint density at radius 3 is 2.30 bits per heavy atom. The number of nitrogens with zero attached hydrogens (tertiary/aromatic N) is 2. The third-order valence-corrected chi connectivity index (χ3v) is 5.61. The average Bonchev–Trinajstić information content (AvgIpc) is 2.94. The van der Waals surface area contributed by atoms with Crippen LogP contribution in [0.5, 0.6) is 0 Å². The van der Waals surface area contributed by atoms with E-state index in [0.717, 1.165) is 5.56 Å². The first-order chi connectivity index (χ1) is 12.8. The Kier molecular flexibility index (Phi) is 2.99. The number of hydrogen-bond donors (Lipinski definition) is 2. The van der Waals surface area contributed by atoms with Gasteiger partial charge in [-0.2, -0.15) is 8.42 Å². The van der Waals surface area contributed by atoms with Gasteiger partial charge >= 0.3 is 5.97 Å². The van der Waals surface area contributed by atoms with Crippen LogP contribution in [0.2, 0.25) is 0 Å². The largest absolute Gasteiger partial charge is 0.478 e. The van der Waals surface area contributed by atoms with Crippen LogP contribution in [0.3, 0.4) is 0 Å². The van der Waals surface area contributed by atoms with E-state index in [1.165, 1.54) is 18.2 Å². The summed E-state index contributed by atoms with van der Waals surface area (Å²) in [7, 11) is -4.38. The summed E-state index contributed by atoms with van der Waals surface area (Å²) in [6, 6.07) is 12.6. The van der Waals surface area contributed by atoms with Crippen molar-refractivity contribution in [3.05, 3.63) is 54.1 Å². The highest BCUT2D eigenvalue weighted by Gasteiger charge is 2.28. The molecule has 0 amide bonds. The molecule has 0 bridgehead atoms. The first-order valence-electron chi connectivity index (χ1n) is 7.93. The SMILES string of the molecule is O=C(O)c1ccc2nc3c(nc2c1)-c1cccc2c(S(=O)(=O)O)ccc-3c12. The third kappa shape index (κ3) is 2.17. The van der Waals surface area contributed by atoms with E-state index in [9.17, 15) is 22.9 Å². The molecule has 1 aliphatic carbocycles. The zero-order valence-corrected chi connectivity index (χ0v) is 14.4. The van der Waals surface area contributed by atoms with E-state index in [0.29, 0.717) is 38.8 Å². The summed E-state index contributed by atoms with van der Waals surface area (Å²) in [5, 5.41) is 10.2. The number of aromatic carboxylic acids is 1. The van der Waals surface area contributed by atoms with E-state index < -0.39 is 16.1 Å². The van der Waals surface area contributed by atoms with Crippen molar-refractivity contribution in [2.75, 3.05) is 0 Å². The van der Waals surface area contributed by atoms with Crippen LogP contribution >= 0.6 is 0 Å². The second kappa shape index (κ2) is 5.09. The van der Waals surface area contributed by atoms with Gasteiger partial charge in [-0.25, -0.2) is 14.8 Å². The van der Waals surface area contributed by atoms with Gasteiger partial charge in [0, 0.05) is 21.9 Å². The molecule has 0 saturated carbocycles. The third-order valence-electron chi connectivity index (χ3n) is 4.70. The molecule has 7 nitrogen and oxygen atoms in total. The summed E-state index contributed by atoms with van der Waals surface area (Å²) in [5.41, 5.74) is 3.65. The molecule has 132 valence electrons. The monoisotopic (exact) mass is 378 g/mol. The van der Waals surface area contributed by atoms with Crippen molar-refractivity contribution in [2.24, 2.45) is 0 Å². The molecule has 5 rings (SSSR count). The molecule has 3 aromatic carbocycles. The molecule has 0 unspecified atom stereocenters. The quantitative estimate of drug-likeness (QED) is 0.452. The Labute approximate surface area is 152 Å². The van der Waals surface area contributed by atoms with Crippen LogP contribution in [-0.2, 0) is 10.1 Å². The fraction of sp³-hybridized carbons (Fsp3) is 0. The second-order valence-electron chi connectivity index (χ2n) is 6.24. The number of rotatable bonds is 2. The highest BCUT2D eigenvalue weighted by atomic mass is 32.2. The lowest BCUT2D eigenvalue weighted by atomic mass is 10.0. The summed E-state index contributed by atoms with van der Waals surface area (Å²) in [6.07, 6.45) is 0. The van der Waals surface area contributed by atoms with Crippen molar-refractivity contribution >= 4 is 37.9 Å². The minimum Gasteiger partial charge on any atom is -0.478 e. The van der Waals surface area contributed by atoms with Crippen LogP contribution in [-0.4, -0.2) is 34.0 Å². The Morgan fingerprint density at radius 2 is 1.59 bits per heavy atom. The minimum atomic E-state index is -4.38. The maximum atomic E-state index is 11.7. The summed E-state index contributed by atoms with van der Waals surface area (Å²) < 4.78 is 33.0. The van der Waals surface area contributed by atoms with Crippen molar-refractivity contribution in [2.45, 2.75) is 4.90 Å². The molecule has 2 N–H and O–H groups in total. The van der Waals surface area contributed by atoms with Gasteiger partial charge in [-0.15, -0.1) is 0 Å². The predicted octanol–water partition coefficient (Wildman–Crippen LogP) is 3.38. The molecule has 27 heavy (non-hydrogen) atoms. The van der Waals surface area contributed by atoms with Crippen molar-refractivity contribution in [1.29, 1.82) is 0 Å². The molecule has 0 atom stereocenters. The van der Waals surface area contributed by atoms with Crippen LogP contribution in [0.15, 0.2) is 53.4 Å². The van der Waals surface area contributed by atoms with Gasteiger partial charge in [-0.1, -0.05) is 24.3 Å². The number of hydrogen-bond acceptors (Lipinski definition) is 5. The molecule has 0 radical (unpaired) electrons. The molecule has 1 aliphatic rings. The van der Waals surface area contributed by atoms with Gasteiger partial charge in [0.05, 0.1) is 28.0 Å². The van der Waals surface area contributed by atoms with E-state index in [4.69, 9.17) is 0 Å². The average molecular weight is 378 g/mol. The van der Waals surface area contributed by atoms with Gasteiger partial charge < -0.3 is 5.11 Å². The van der Waals surface area contributed by atoms with Crippen LogP contribution in [0, 0.1) is 0 Å². The normalized spacial score (nSPS) is 12.5. The number of benzene rings is 3. The van der Waals surface area contributed by atoms with E-state index in [2.05, 4.69) is 9.97 Å². The Morgan fingerprint density at radius 1 is 0.889 bits per heavy atom. The lowest BCUT2D eigenvalue weighted by Gasteiger charge is -2.06. The van der Waals surface area contributed by atoms with Gasteiger partial charge in [0.25, 0.3) is 10.1 Å². The van der Waals surface area contributed by atoms with Crippen molar-refractivity contribution in [3.8, 4) is 22.5 Å². The summed E-state index contributed by atoms with van der Waals surface area (Å²) in [6.45, 7) is 0. The van der Waals surface area contributed by atoms with Crippen molar-refractivity contribution in [1.82, 2.24) is 9.97 Å². The maximum Gasteiger partial charge on any atom is 0.335 e. The summed E-state index contributed by atoms with van der Waals surface area (Å²) in [5.74, 6) is -1.05. The van der Waals surface area contributed by atoms with Gasteiger partial charge in [0.15, 0.2) is 0 Å². The molecule has 0 saturated heterocycles.